The van der Waals surface area contributed by atoms with E-state index in [1.54, 1.807) is 0 Å². The molecule has 0 fully saturated rings. The average Bonchev–Trinajstić information content (AvgIpc) is 2.65. The number of aryl methyl sites for hydroxylation is 4. The van der Waals surface area contributed by atoms with Gasteiger partial charge >= 0.3 is 0 Å². The molecule has 0 aliphatic rings. The SMILES string of the molecule is Cc1ccc(CCCCCCCCCCc2ccccc2C=O)c(C)c1. The van der Waals surface area contributed by atoms with Crippen molar-refractivity contribution in [3.63, 3.8) is 0 Å². The fourth-order valence-electron chi connectivity index (χ4n) is 3.69. The first-order valence-corrected chi connectivity index (χ1v) is 10.3. The van der Waals surface area contributed by atoms with Crippen LogP contribution in [0.1, 0.15) is 84.0 Å². The predicted molar refractivity (Wildman–Crippen MR) is 112 cm³/mol. The van der Waals surface area contributed by atoms with Crippen molar-refractivity contribution in [2.75, 3.05) is 0 Å². The first-order valence-electron chi connectivity index (χ1n) is 10.3. The molecule has 0 N–H and O–H groups in total. The molecule has 0 atom stereocenters. The quantitative estimate of drug-likeness (QED) is 0.297. The molecule has 0 aromatic heterocycles. The monoisotopic (exact) mass is 350 g/mol. The second-order valence-corrected chi connectivity index (χ2v) is 7.58. The molecule has 26 heavy (non-hydrogen) atoms. The molecule has 2 aromatic carbocycles. The summed E-state index contributed by atoms with van der Waals surface area (Å²) in [5, 5.41) is 0. The highest BCUT2D eigenvalue weighted by atomic mass is 16.1. The van der Waals surface area contributed by atoms with E-state index < -0.39 is 0 Å². The molecule has 140 valence electrons. The Morgan fingerprint density at radius 3 is 1.88 bits per heavy atom. The van der Waals surface area contributed by atoms with Gasteiger partial charge in [0, 0.05) is 5.56 Å². The topological polar surface area (TPSA) is 17.1 Å². The van der Waals surface area contributed by atoms with E-state index in [2.05, 4.69) is 38.1 Å². The van der Waals surface area contributed by atoms with Crippen LogP contribution < -0.4 is 0 Å². The Hall–Kier alpha value is -1.89. The normalized spacial score (nSPS) is 10.8. The van der Waals surface area contributed by atoms with Crippen molar-refractivity contribution >= 4 is 6.29 Å². The van der Waals surface area contributed by atoms with Crippen LogP contribution in [-0.4, -0.2) is 6.29 Å². The Morgan fingerprint density at radius 1 is 0.692 bits per heavy atom. The van der Waals surface area contributed by atoms with E-state index >= 15 is 0 Å². The standard InChI is InChI=1S/C25H34O/c1-21-17-18-23(22(2)19-21)13-9-7-5-3-4-6-8-10-14-24-15-11-12-16-25(24)20-26/h11-12,15-20H,3-10,13-14H2,1-2H3. The van der Waals surface area contributed by atoms with Crippen molar-refractivity contribution in [3.8, 4) is 0 Å². The van der Waals surface area contributed by atoms with Crippen LogP contribution in [0.5, 0.6) is 0 Å². The Labute approximate surface area is 159 Å². The molecule has 1 heteroatoms. The van der Waals surface area contributed by atoms with E-state index in [1.807, 2.05) is 18.2 Å². The number of carbonyl (C=O) groups is 1. The van der Waals surface area contributed by atoms with Crippen LogP contribution in [0.2, 0.25) is 0 Å². The zero-order chi connectivity index (χ0) is 18.6. The predicted octanol–water partition coefficient (Wildman–Crippen LogP) is 7.02. The number of hydrogen-bond acceptors (Lipinski definition) is 1. The van der Waals surface area contributed by atoms with Gasteiger partial charge in [-0.1, -0.05) is 86.6 Å². The molecular formula is C25H34O. The highest BCUT2D eigenvalue weighted by Crippen LogP contribution is 2.16. The molecule has 0 aliphatic carbocycles. The van der Waals surface area contributed by atoms with Crippen LogP contribution in [-0.2, 0) is 12.8 Å². The smallest absolute Gasteiger partial charge is 0.150 e. The summed E-state index contributed by atoms with van der Waals surface area (Å²) >= 11 is 0. The van der Waals surface area contributed by atoms with E-state index in [9.17, 15) is 4.79 Å². The first kappa shape index (κ1) is 20.4. The highest BCUT2D eigenvalue weighted by molar-refractivity contribution is 5.77. The lowest BCUT2D eigenvalue weighted by molar-refractivity contribution is 0.112. The first-order chi connectivity index (χ1) is 12.7. The van der Waals surface area contributed by atoms with Crippen LogP contribution in [0.3, 0.4) is 0 Å². The minimum absolute atomic E-state index is 0.858. The molecule has 2 rings (SSSR count). The lowest BCUT2D eigenvalue weighted by Gasteiger charge is -2.07. The molecule has 0 radical (unpaired) electrons. The molecule has 0 unspecified atom stereocenters. The lowest BCUT2D eigenvalue weighted by atomic mass is 9.99. The van der Waals surface area contributed by atoms with Gasteiger partial charge in [0.05, 0.1) is 0 Å². The van der Waals surface area contributed by atoms with E-state index in [-0.39, 0.29) is 0 Å². The van der Waals surface area contributed by atoms with E-state index in [0.717, 1.165) is 18.3 Å². The van der Waals surface area contributed by atoms with Gasteiger partial charge in [0.2, 0.25) is 0 Å². The van der Waals surface area contributed by atoms with Gasteiger partial charge in [-0.2, -0.15) is 0 Å². The fourth-order valence-corrected chi connectivity index (χ4v) is 3.69. The third-order valence-electron chi connectivity index (χ3n) is 5.32. The van der Waals surface area contributed by atoms with Gasteiger partial charge in [0.1, 0.15) is 6.29 Å². The zero-order valence-corrected chi connectivity index (χ0v) is 16.6. The summed E-state index contributed by atoms with van der Waals surface area (Å²) < 4.78 is 0. The molecule has 1 nitrogen and oxygen atoms in total. The fraction of sp³-hybridized carbons (Fsp3) is 0.480. The van der Waals surface area contributed by atoms with Crippen LogP contribution in [0.25, 0.3) is 0 Å². The number of aldehydes is 1. The van der Waals surface area contributed by atoms with Crippen LogP contribution in [0.4, 0.5) is 0 Å². The van der Waals surface area contributed by atoms with Gasteiger partial charge in [-0.05, 0) is 56.2 Å². The highest BCUT2D eigenvalue weighted by Gasteiger charge is 2.01. The minimum Gasteiger partial charge on any atom is -0.298 e. The van der Waals surface area contributed by atoms with E-state index in [1.165, 1.54) is 80.0 Å². The van der Waals surface area contributed by atoms with Crippen molar-refractivity contribution < 1.29 is 4.79 Å². The van der Waals surface area contributed by atoms with Gasteiger partial charge < -0.3 is 0 Å². The molecule has 0 amide bonds. The Balaban J connectivity index is 1.47. The van der Waals surface area contributed by atoms with Gasteiger partial charge in [0.15, 0.2) is 0 Å². The van der Waals surface area contributed by atoms with E-state index in [0.29, 0.717) is 0 Å². The number of rotatable bonds is 12. The molecule has 0 spiro atoms. The second kappa shape index (κ2) is 11.7. The summed E-state index contributed by atoms with van der Waals surface area (Å²) in [7, 11) is 0. The van der Waals surface area contributed by atoms with Crippen molar-refractivity contribution in [2.45, 2.75) is 78.1 Å². The minimum atomic E-state index is 0.858. The maximum Gasteiger partial charge on any atom is 0.150 e. The Bertz CT molecular complexity index is 672. The number of unbranched alkanes of at least 4 members (excludes halogenated alkanes) is 7. The maximum atomic E-state index is 11.0. The largest absolute Gasteiger partial charge is 0.298 e. The van der Waals surface area contributed by atoms with Gasteiger partial charge in [-0.25, -0.2) is 0 Å². The average molecular weight is 351 g/mol. The summed E-state index contributed by atoms with van der Waals surface area (Å²) in [6, 6.07) is 14.8. The molecule has 0 bridgehead atoms. The lowest BCUT2D eigenvalue weighted by Crippen LogP contribution is -1.93. The number of carbonyl (C=O) groups excluding carboxylic acids is 1. The zero-order valence-electron chi connectivity index (χ0n) is 16.6. The van der Waals surface area contributed by atoms with Crippen LogP contribution >= 0.6 is 0 Å². The number of benzene rings is 2. The van der Waals surface area contributed by atoms with Gasteiger partial charge in [-0.15, -0.1) is 0 Å². The van der Waals surface area contributed by atoms with Crippen LogP contribution in [0, 0.1) is 13.8 Å². The number of hydrogen-bond donors (Lipinski definition) is 0. The third-order valence-corrected chi connectivity index (χ3v) is 5.32. The van der Waals surface area contributed by atoms with Crippen molar-refractivity contribution in [2.24, 2.45) is 0 Å². The summed E-state index contributed by atoms with van der Waals surface area (Å²) in [5.74, 6) is 0. The Morgan fingerprint density at radius 2 is 1.27 bits per heavy atom. The van der Waals surface area contributed by atoms with Gasteiger partial charge in [-0.3, -0.25) is 4.79 Å². The summed E-state index contributed by atoms with van der Waals surface area (Å²) in [4.78, 5) is 11.0. The van der Waals surface area contributed by atoms with Crippen molar-refractivity contribution in [1.29, 1.82) is 0 Å². The molecule has 0 saturated carbocycles. The molecule has 0 aliphatic heterocycles. The summed E-state index contributed by atoms with van der Waals surface area (Å²) in [6.07, 6.45) is 13.7. The molecule has 2 aromatic rings. The van der Waals surface area contributed by atoms with Gasteiger partial charge in [0.25, 0.3) is 0 Å². The Kier molecular flexibility index (Phi) is 9.17. The summed E-state index contributed by atoms with van der Waals surface area (Å²) in [5.41, 5.74) is 6.39. The van der Waals surface area contributed by atoms with Crippen LogP contribution in [0.15, 0.2) is 42.5 Å². The molecule has 0 heterocycles. The summed E-state index contributed by atoms with van der Waals surface area (Å²) in [6.45, 7) is 4.40. The third kappa shape index (κ3) is 7.15. The van der Waals surface area contributed by atoms with Crippen molar-refractivity contribution in [1.82, 2.24) is 0 Å². The molecule has 0 saturated heterocycles. The van der Waals surface area contributed by atoms with E-state index in [4.69, 9.17) is 0 Å². The maximum absolute atomic E-state index is 11.0. The molecular weight excluding hydrogens is 316 g/mol. The van der Waals surface area contributed by atoms with Crippen molar-refractivity contribution in [3.05, 3.63) is 70.3 Å². The second-order valence-electron chi connectivity index (χ2n) is 7.58.